The first-order valence-electron chi connectivity index (χ1n) is 9.24. The number of likely N-dealkylation sites (tertiary alicyclic amines) is 1. The molecular formula is C20H20N4O4. The number of carbonyl (C=O) groups excluding carboxylic acids is 1. The quantitative estimate of drug-likeness (QED) is 0.803. The molecule has 2 aromatic rings. The van der Waals surface area contributed by atoms with Crippen LogP contribution in [-0.4, -0.2) is 52.2 Å². The first kappa shape index (κ1) is 18.0. The SMILES string of the molecule is C[C@@H]1Oc2ccccc2O[C@@H]1C(=O)N1CCC[C@H](Oc2nccnc2C#N)C1. The van der Waals surface area contributed by atoms with Crippen molar-refractivity contribution in [3.05, 3.63) is 42.4 Å². The van der Waals surface area contributed by atoms with Crippen molar-refractivity contribution >= 4 is 5.91 Å². The summed E-state index contributed by atoms with van der Waals surface area (Å²) >= 11 is 0. The third kappa shape index (κ3) is 3.56. The van der Waals surface area contributed by atoms with Crippen LogP contribution in [0, 0.1) is 11.3 Å². The molecule has 1 aromatic carbocycles. The normalized spacial score (nSPS) is 23.6. The van der Waals surface area contributed by atoms with Crippen molar-refractivity contribution in [2.75, 3.05) is 13.1 Å². The summed E-state index contributed by atoms with van der Waals surface area (Å²) in [6, 6.07) is 9.30. The molecule has 0 radical (unpaired) electrons. The molecule has 2 aliphatic rings. The van der Waals surface area contributed by atoms with Gasteiger partial charge in [0.1, 0.15) is 18.3 Å². The molecule has 0 spiro atoms. The van der Waals surface area contributed by atoms with Gasteiger partial charge in [0.25, 0.3) is 11.8 Å². The number of hydrogen-bond donors (Lipinski definition) is 0. The molecule has 1 amide bonds. The molecule has 3 atom stereocenters. The Hall–Kier alpha value is -3.34. The summed E-state index contributed by atoms with van der Waals surface area (Å²) in [6.07, 6.45) is 3.13. The number of aromatic nitrogens is 2. The molecule has 1 fully saturated rings. The maximum atomic E-state index is 13.1. The topological polar surface area (TPSA) is 97.6 Å². The average molecular weight is 380 g/mol. The highest BCUT2D eigenvalue weighted by molar-refractivity contribution is 5.82. The Labute approximate surface area is 162 Å². The summed E-state index contributed by atoms with van der Waals surface area (Å²) in [5.74, 6) is 1.28. The Morgan fingerprint density at radius 3 is 2.79 bits per heavy atom. The summed E-state index contributed by atoms with van der Waals surface area (Å²) in [4.78, 5) is 22.9. The summed E-state index contributed by atoms with van der Waals surface area (Å²) in [5, 5.41) is 9.14. The maximum absolute atomic E-state index is 13.1. The van der Waals surface area contributed by atoms with Gasteiger partial charge in [-0.3, -0.25) is 4.79 Å². The number of para-hydroxylation sites is 2. The minimum Gasteiger partial charge on any atom is -0.482 e. The van der Waals surface area contributed by atoms with Crippen LogP contribution in [-0.2, 0) is 4.79 Å². The van der Waals surface area contributed by atoms with Crippen LogP contribution in [0.25, 0.3) is 0 Å². The second kappa shape index (κ2) is 7.72. The lowest BCUT2D eigenvalue weighted by molar-refractivity contribution is -0.147. The summed E-state index contributed by atoms with van der Waals surface area (Å²) in [6.45, 7) is 2.85. The molecule has 4 rings (SSSR count). The summed E-state index contributed by atoms with van der Waals surface area (Å²) in [7, 11) is 0. The largest absolute Gasteiger partial charge is 0.482 e. The van der Waals surface area contributed by atoms with Gasteiger partial charge in [0, 0.05) is 18.9 Å². The zero-order chi connectivity index (χ0) is 19.5. The highest BCUT2D eigenvalue weighted by Crippen LogP contribution is 2.34. The van der Waals surface area contributed by atoms with E-state index in [9.17, 15) is 4.79 Å². The van der Waals surface area contributed by atoms with E-state index in [1.54, 1.807) is 11.0 Å². The Kier molecular flexibility index (Phi) is 4.98. The Morgan fingerprint density at radius 2 is 2.00 bits per heavy atom. The van der Waals surface area contributed by atoms with E-state index in [0.717, 1.165) is 12.8 Å². The van der Waals surface area contributed by atoms with Gasteiger partial charge in [-0.25, -0.2) is 9.97 Å². The first-order valence-corrected chi connectivity index (χ1v) is 9.24. The van der Waals surface area contributed by atoms with Crippen molar-refractivity contribution in [3.8, 4) is 23.4 Å². The monoisotopic (exact) mass is 380 g/mol. The predicted molar refractivity (Wildman–Crippen MR) is 97.9 cm³/mol. The van der Waals surface area contributed by atoms with Gasteiger partial charge in [-0.1, -0.05) is 12.1 Å². The van der Waals surface area contributed by atoms with Crippen LogP contribution in [0.2, 0.25) is 0 Å². The molecule has 28 heavy (non-hydrogen) atoms. The molecule has 0 N–H and O–H groups in total. The van der Waals surface area contributed by atoms with Crippen molar-refractivity contribution in [1.29, 1.82) is 5.26 Å². The highest BCUT2D eigenvalue weighted by atomic mass is 16.6. The Bertz CT molecular complexity index is 913. The molecule has 0 bridgehead atoms. The highest BCUT2D eigenvalue weighted by Gasteiger charge is 2.38. The van der Waals surface area contributed by atoms with Crippen LogP contribution in [0.5, 0.6) is 17.4 Å². The van der Waals surface area contributed by atoms with Gasteiger partial charge >= 0.3 is 0 Å². The maximum Gasteiger partial charge on any atom is 0.267 e. The van der Waals surface area contributed by atoms with Crippen LogP contribution in [0.15, 0.2) is 36.7 Å². The number of piperidine rings is 1. The van der Waals surface area contributed by atoms with Gasteiger partial charge in [0.2, 0.25) is 11.8 Å². The van der Waals surface area contributed by atoms with Gasteiger partial charge in [0.15, 0.2) is 11.5 Å². The lowest BCUT2D eigenvalue weighted by Gasteiger charge is -2.37. The lowest BCUT2D eigenvalue weighted by atomic mass is 10.1. The first-order chi connectivity index (χ1) is 13.7. The molecular weight excluding hydrogens is 360 g/mol. The van der Waals surface area contributed by atoms with Crippen molar-refractivity contribution in [3.63, 3.8) is 0 Å². The number of nitriles is 1. The number of nitrogens with zero attached hydrogens (tertiary/aromatic N) is 4. The molecule has 1 saturated heterocycles. The number of fused-ring (bicyclic) bond motifs is 1. The fraction of sp³-hybridized carbons (Fsp3) is 0.400. The lowest BCUT2D eigenvalue weighted by Crippen LogP contribution is -2.54. The molecule has 2 aliphatic heterocycles. The van der Waals surface area contributed by atoms with Crippen molar-refractivity contribution < 1.29 is 19.0 Å². The minimum atomic E-state index is -0.708. The second-order valence-electron chi connectivity index (χ2n) is 6.80. The van der Waals surface area contributed by atoms with E-state index < -0.39 is 12.2 Å². The third-order valence-corrected chi connectivity index (χ3v) is 4.82. The van der Waals surface area contributed by atoms with E-state index in [-0.39, 0.29) is 23.6 Å². The van der Waals surface area contributed by atoms with Gasteiger partial charge in [-0.15, -0.1) is 0 Å². The molecule has 0 saturated carbocycles. The van der Waals surface area contributed by atoms with E-state index in [2.05, 4.69) is 9.97 Å². The van der Waals surface area contributed by atoms with E-state index in [0.29, 0.717) is 24.6 Å². The number of carbonyl (C=O) groups is 1. The van der Waals surface area contributed by atoms with Crippen LogP contribution in [0.1, 0.15) is 25.5 Å². The Morgan fingerprint density at radius 1 is 1.25 bits per heavy atom. The zero-order valence-electron chi connectivity index (χ0n) is 15.4. The fourth-order valence-corrected chi connectivity index (χ4v) is 3.45. The van der Waals surface area contributed by atoms with Crippen LogP contribution in [0.4, 0.5) is 0 Å². The summed E-state index contributed by atoms with van der Waals surface area (Å²) < 4.78 is 17.6. The van der Waals surface area contributed by atoms with E-state index >= 15 is 0 Å². The molecule has 8 heteroatoms. The van der Waals surface area contributed by atoms with Crippen molar-refractivity contribution in [2.24, 2.45) is 0 Å². The van der Waals surface area contributed by atoms with Crippen molar-refractivity contribution in [2.45, 2.75) is 38.1 Å². The smallest absolute Gasteiger partial charge is 0.267 e. The van der Waals surface area contributed by atoms with Crippen molar-refractivity contribution in [1.82, 2.24) is 14.9 Å². The summed E-state index contributed by atoms with van der Waals surface area (Å²) in [5.41, 5.74) is 0.139. The molecule has 0 aliphatic carbocycles. The fourth-order valence-electron chi connectivity index (χ4n) is 3.45. The molecule has 144 valence electrons. The number of ether oxygens (including phenoxy) is 3. The van der Waals surface area contributed by atoms with Gasteiger partial charge < -0.3 is 19.1 Å². The van der Waals surface area contributed by atoms with Gasteiger partial charge in [0.05, 0.1) is 6.54 Å². The van der Waals surface area contributed by atoms with Crippen LogP contribution < -0.4 is 14.2 Å². The molecule has 0 unspecified atom stereocenters. The van der Waals surface area contributed by atoms with E-state index in [1.807, 2.05) is 31.2 Å². The molecule has 3 heterocycles. The minimum absolute atomic E-state index is 0.130. The van der Waals surface area contributed by atoms with Gasteiger partial charge in [-0.05, 0) is 31.9 Å². The van der Waals surface area contributed by atoms with E-state index in [1.165, 1.54) is 12.4 Å². The second-order valence-corrected chi connectivity index (χ2v) is 6.80. The third-order valence-electron chi connectivity index (χ3n) is 4.82. The van der Waals surface area contributed by atoms with E-state index in [4.69, 9.17) is 19.5 Å². The predicted octanol–water partition coefficient (Wildman–Crippen LogP) is 1.95. The van der Waals surface area contributed by atoms with Crippen LogP contribution >= 0.6 is 0 Å². The average Bonchev–Trinajstić information content (AvgIpc) is 2.73. The molecule has 1 aromatic heterocycles. The number of amides is 1. The number of rotatable bonds is 3. The number of benzene rings is 1. The Balaban J connectivity index is 1.44. The number of hydrogen-bond acceptors (Lipinski definition) is 7. The molecule has 8 nitrogen and oxygen atoms in total. The van der Waals surface area contributed by atoms with Crippen LogP contribution in [0.3, 0.4) is 0 Å². The van der Waals surface area contributed by atoms with Gasteiger partial charge in [-0.2, -0.15) is 5.26 Å². The standard InChI is InChI=1S/C20H20N4O4/c1-13-18(28-17-7-3-2-6-16(17)26-13)20(25)24-10-4-5-14(12-24)27-19-15(11-21)22-8-9-23-19/h2-3,6-9,13-14,18H,4-5,10,12H2,1H3/t13-,14-,18-/m0/s1. The zero-order valence-corrected chi connectivity index (χ0v) is 15.4.